The molecule has 0 aliphatic rings. The van der Waals surface area contributed by atoms with Crippen molar-refractivity contribution in [2.45, 2.75) is 31.5 Å². The monoisotopic (exact) mass is 503 g/mol. The summed E-state index contributed by atoms with van der Waals surface area (Å²) in [6.07, 6.45) is 1.43. The maximum atomic E-state index is 13.5. The van der Waals surface area contributed by atoms with E-state index in [-0.39, 0.29) is 23.0 Å². The van der Waals surface area contributed by atoms with Crippen LogP contribution in [0.4, 0.5) is 4.39 Å². The van der Waals surface area contributed by atoms with Gasteiger partial charge >= 0.3 is 0 Å². The normalized spacial score (nSPS) is 10.9. The van der Waals surface area contributed by atoms with E-state index in [0.717, 1.165) is 23.7 Å². The largest absolute Gasteiger partial charge is 0.352 e. The summed E-state index contributed by atoms with van der Waals surface area (Å²) >= 11 is 1.15. The fourth-order valence-corrected chi connectivity index (χ4v) is 4.64. The number of fused-ring (bicyclic) bond motifs is 1. The van der Waals surface area contributed by atoms with Crippen molar-refractivity contribution in [1.29, 1.82) is 0 Å². The van der Waals surface area contributed by atoms with E-state index in [0.29, 0.717) is 46.7 Å². The van der Waals surface area contributed by atoms with Crippen LogP contribution >= 0.6 is 11.8 Å². The first-order valence-electron chi connectivity index (χ1n) is 11.7. The van der Waals surface area contributed by atoms with Crippen LogP contribution in [0.1, 0.15) is 39.6 Å². The molecule has 0 saturated heterocycles. The summed E-state index contributed by atoms with van der Waals surface area (Å²) in [6.45, 7) is 2.91. The summed E-state index contributed by atoms with van der Waals surface area (Å²) in [7, 11) is 0. The Morgan fingerprint density at radius 3 is 2.44 bits per heavy atom. The second-order valence-electron chi connectivity index (χ2n) is 8.29. The first-order valence-corrected chi connectivity index (χ1v) is 12.7. The van der Waals surface area contributed by atoms with Crippen molar-refractivity contribution in [3.05, 3.63) is 106 Å². The molecule has 0 unspecified atom stereocenters. The molecule has 1 heterocycles. The number of hydrogen-bond donors (Lipinski definition) is 1. The molecule has 0 aliphatic carbocycles. The molecule has 3 aromatic carbocycles. The lowest BCUT2D eigenvalue weighted by molar-refractivity contribution is 0.0952. The van der Waals surface area contributed by atoms with Gasteiger partial charge in [0.25, 0.3) is 11.5 Å². The van der Waals surface area contributed by atoms with E-state index < -0.39 is 5.82 Å². The number of aryl methyl sites for hydroxylation is 1. The van der Waals surface area contributed by atoms with Crippen molar-refractivity contribution in [2.24, 2.45) is 0 Å². The molecule has 0 saturated carbocycles. The maximum Gasteiger partial charge on any atom is 0.262 e. The minimum atomic E-state index is -0.413. The summed E-state index contributed by atoms with van der Waals surface area (Å²) in [5.74, 6) is -0.805. The van der Waals surface area contributed by atoms with Crippen molar-refractivity contribution in [3.63, 3.8) is 0 Å². The molecule has 8 heteroatoms. The van der Waals surface area contributed by atoms with Gasteiger partial charge in [0, 0.05) is 24.2 Å². The van der Waals surface area contributed by atoms with Crippen molar-refractivity contribution in [1.82, 2.24) is 14.9 Å². The Hall–Kier alpha value is -3.78. The SMILES string of the molecule is CCCNC(=O)c1ccc2c(=O)n(CCc3ccccc3)c(SCC(=O)c3ccc(F)cc3)nc2c1. The van der Waals surface area contributed by atoms with Crippen LogP contribution in [0.5, 0.6) is 0 Å². The van der Waals surface area contributed by atoms with Gasteiger partial charge in [-0.3, -0.25) is 19.0 Å². The highest BCUT2D eigenvalue weighted by Crippen LogP contribution is 2.21. The van der Waals surface area contributed by atoms with Crippen molar-refractivity contribution < 1.29 is 14.0 Å². The van der Waals surface area contributed by atoms with Gasteiger partial charge < -0.3 is 5.32 Å². The molecule has 0 aliphatic heterocycles. The number of carbonyl (C=O) groups excluding carboxylic acids is 2. The van der Waals surface area contributed by atoms with E-state index >= 15 is 0 Å². The second kappa shape index (κ2) is 11.8. The van der Waals surface area contributed by atoms with Crippen LogP contribution < -0.4 is 10.9 Å². The van der Waals surface area contributed by atoms with E-state index in [1.54, 1.807) is 22.8 Å². The zero-order valence-electron chi connectivity index (χ0n) is 19.9. The third kappa shape index (κ3) is 6.07. The fourth-order valence-electron chi connectivity index (χ4n) is 3.72. The highest BCUT2D eigenvalue weighted by Gasteiger charge is 2.16. The molecule has 1 aromatic heterocycles. The zero-order valence-corrected chi connectivity index (χ0v) is 20.7. The van der Waals surface area contributed by atoms with Gasteiger partial charge in [-0.25, -0.2) is 9.37 Å². The highest BCUT2D eigenvalue weighted by molar-refractivity contribution is 7.99. The van der Waals surface area contributed by atoms with E-state index in [1.807, 2.05) is 37.3 Å². The number of benzene rings is 3. The van der Waals surface area contributed by atoms with E-state index in [1.165, 1.54) is 24.3 Å². The van der Waals surface area contributed by atoms with Crippen LogP contribution in [0.3, 0.4) is 0 Å². The molecule has 0 bridgehead atoms. The molecular formula is C28H26FN3O3S. The van der Waals surface area contributed by atoms with Crippen molar-refractivity contribution >= 4 is 34.4 Å². The van der Waals surface area contributed by atoms with Crippen LogP contribution in [0.15, 0.2) is 82.7 Å². The van der Waals surface area contributed by atoms with Gasteiger partial charge in [0.1, 0.15) is 5.82 Å². The van der Waals surface area contributed by atoms with Crippen LogP contribution in [0, 0.1) is 5.82 Å². The number of amides is 1. The zero-order chi connectivity index (χ0) is 25.5. The Labute approximate surface area is 212 Å². The topological polar surface area (TPSA) is 81.1 Å². The number of nitrogens with one attached hydrogen (secondary N) is 1. The summed E-state index contributed by atoms with van der Waals surface area (Å²) in [5.41, 5.74) is 2.05. The Morgan fingerprint density at radius 1 is 1.00 bits per heavy atom. The van der Waals surface area contributed by atoms with E-state index in [2.05, 4.69) is 10.3 Å². The third-order valence-corrected chi connectivity index (χ3v) is 6.66. The third-order valence-electron chi connectivity index (χ3n) is 5.68. The second-order valence-corrected chi connectivity index (χ2v) is 9.24. The minimum absolute atomic E-state index is 0.0333. The Kier molecular flexibility index (Phi) is 8.28. The van der Waals surface area contributed by atoms with Gasteiger partial charge in [-0.15, -0.1) is 0 Å². The van der Waals surface area contributed by atoms with Gasteiger partial charge in [0.05, 0.1) is 16.7 Å². The Balaban J connectivity index is 1.67. The molecule has 4 rings (SSSR count). The molecule has 0 fully saturated rings. The van der Waals surface area contributed by atoms with Crippen LogP contribution in [0.25, 0.3) is 10.9 Å². The van der Waals surface area contributed by atoms with Gasteiger partial charge in [0.15, 0.2) is 10.9 Å². The number of aromatic nitrogens is 2. The average molecular weight is 504 g/mol. The van der Waals surface area contributed by atoms with Gasteiger partial charge in [0.2, 0.25) is 0 Å². The number of ketones is 1. The lowest BCUT2D eigenvalue weighted by atomic mass is 10.1. The number of hydrogen-bond acceptors (Lipinski definition) is 5. The summed E-state index contributed by atoms with van der Waals surface area (Å²) < 4.78 is 14.8. The first kappa shape index (κ1) is 25.3. The minimum Gasteiger partial charge on any atom is -0.352 e. The molecule has 184 valence electrons. The summed E-state index contributed by atoms with van der Waals surface area (Å²) in [4.78, 5) is 43.3. The smallest absolute Gasteiger partial charge is 0.262 e. The number of carbonyl (C=O) groups is 2. The molecule has 1 N–H and O–H groups in total. The highest BCUT2D eigenvalue weighted by atomic mass is 32.2. The number of nitrogens with zero attached hydrogens (tertiary/aromatic N) is 2. The number of halogens is 1. The summed E-state index contributed by atoms with van der Waals surface area (Å²) in [6, 6.07) is 20.0. The van der Waals surface area contributed by atoms with Gasteiger partial charge in [-0.2, -0.15) is 0 Å². The molecule has 1 amide bonds. The molecule has 36 heavy (non-hydrogen) atoms. The lowest BCUT2D eigenvalue weighted by Crippen LogP contribution is -2.26. The Morgan fingerprint density at radius 2 is 1.72 bits per heavy atom. The standard InChI is InChI=1S/C28H26FN3O3S/c1-2-15-30-26(34)21-10-13-23-24(17-21)31-28(36-18-25(33)20-8-11-22(29)12-9-20)32(27(23)35)16-14-19-6-4-3-5-7-19/h3-13,17H,2,14-16,18H2,1H3,(H,30,34). The number of thioether (sulfide) groups is 1. The molecular weight excluding hydrogens is 477 g/mol. The van der Waals surface area contributed by atoms with E-state index in [4.69, 9.17) is 0 Å². The first-order chi connectivity index (χ1) is 17.5. The van der Waals surface area contributed by atoms with Crippen molar-refractivity contribution in [3.8, 4) is 0 Å². The van der Waals surface area contributed by atoms with Crippen LogP contribution in [-0.2, 0) is 13.0 Å². The quantitative estimate of drug-likeness (QED) is 0.189. The lowest BCUT2D eigenvalue weighted by Gasteiger charge is -2.14. The maximum absolute atomic E-state index is 13.5. The van der Waals surface area contributed by atoms with Gasteiger partial charge in [-0.05, 0) is 60.9 Å². The number of rotatable bonds is 10. The molecule has 0 spiro atoms. The molecule has 0 radical (unpaired) electrons. The molecule has 4 aromatic rings. The van der Waals surface area contributed by atoms with E-state index in [9.17, 15) is 18.8 Å². The average Bonchev–Trinajstić information content (AvgIpc) is 2.90. The Bertz CT molecular complexity index is 1440. The predicted molar refractivity (Wildman–Crippen MR) is 140 cm³/mol. The van der Waals surface area contributed by atoms with Crippen LogP contribution in [0.2, 0.25) is 0 Å². The predicted octanol–water partition coefficient (Wildman–Crippen LogP) is 4.89. The molecule has 0 atom stereocenters. The fraction of sp³-hybridized carbons (Fsp3) is 0.214. The van der Waals surface area contributed by atoms with Crippen LogP contribution in [-0.4, -0.2) is 33.5 Å². The molecule has 6 nitrogen and oxygen atoms in total. The summed E-state index contributed by atoms with van der Waals surface area (Å²) in [5, 5.41) is 3.63. The van der Waals surface area contributed by atoms with Gasteiger partial charge in [-0.1, -0.05) is 49.0 Å². The number of Topliss-reactive ketones (excluding diaryl/α,β-unsaturated/α-hetero) is 1. The van der Waals surface area contributed by atoms with Crippen molar-refractivity contribution in [2.75, 3.05) is 12.3 Å².